The van der Waals surface area contributed by atoms with Crippen molar-refractivity contribution >= 4 is 21.6 Å². The van der Waals surface area contributed by atoms with Crippen molar-refractivity contribution in [2.24, 2.45) is 0 Å². The van der Waals surface area contributed by atoms with Gasteiger partial charge in [-0.2, -0.15) is 5.10 Å². The van der Waals surface area contributed by atoms with Gasteiger partial charge in [0.15, 0.2) is 0 Å². The van der Waals surface area contributed by atoms with Crippen molar-refractivity contribution in [3.8, 4) is 0 Å². The lowest BCUT2D eigenvalue weighted by atomic mass is 10.3. The lowest BCUT2D eigenvalue weighted by Crippen LogP contribution is -2.36. The quantitative estimate of drug-likeness (QED) is 0.763. The standard InChI is InChI=1S/C14H23BrN4O2/c1-10(18(2)11-4-5-11)8-16-12-9-17-19(6-7-21-3)14(20)13(12)15/h9-11,16H,4-8H2,1-3H3. The number of hydrogen-bond acceptors (Lipinski definition) is 5. The van der Waals surface area contributed by atoms with Crippen LogP contribution in [-0.2, 0) is 11.3 Å². The molecule has 0 spiro atoms. The molecule has 0 saturated heterocycles. The van der Waals surface area contributed by atoms with Gasteiger partial charge in [-0.1, -0.05) is 0 Å². The van der Waals surface area contributed by atoms with Crippen LogP contribution in [0, 0.1) is 0 Å². The summed E-state index contributed by atoms with van der Waals surface area (Å²) in [5, 5.41) is 7.47. The first kappa shape index (κ1) is 16.5. The van der Waals surface area contributed by atoms with Gasteiger partial charge in [-0.15, -0.1) is 0 Å². The van der Waals surface area contributed by atoms with E-state index in [9.17, 15) is 4.79 Å². The molecule has 1 aromatic heterocycles. The predicted octanol–water partition coefficient (Wildman–Crippen LogP) is 1.55. The molecule has 21 heavy (non-hydrogen) atoms. The van der Waals surface area contributed by atoms with Crippen LogP contribution >= 0.6 is 15.9 Å². The van der Waals surface area contributed by atoms with E-state index in [1.165, 1.54) is 17.5 Å². The maximum atomic E-state index is 12.1. The second-order valence-corrected chi connectivity index (χ2v) is 6.31. The molecule has 1 saturated carbocycles. The van der Waals surface area contributed by atoms with Gasteiger partial charge in [0.25, 0.3) is 5.56 Å². The van der Waals surface area contributed by atoms with E-state index >= 15 is 0 Å². The number of halogens is 1. The summed E-state index contributed by atoms with van der Waals surface area (Å²) in [4.78, 5) is 14.5. The fourth-order valence-electron chi connectivity index (χ4n) is 2.17. The zero-order valence-electron chi connectivity index (χ0n) is 12.8. The molecule has 0 bridgehead atoms. The zero-order chi connectivity index (χ0) is 15.4. The van der Waals surface area contributed by atoms with Crippen LogP contribution in [0.25, 0.3) is 0 Å². The van der Waals surface area contributed by atoms with Crippen molar-refractivity contribution in [2.75, 3.05) is 32.6 Å². The summed E-state index contributed by atoms with van der Waals surface area (Å²) in [6.07, 6.45) is 4.27. The van der Waals surface area contributed by atoms with Gasteiger partial charge < -0.3 is 10.1 Å². The van der Waals surface area contributed by atoms with E-state index in [4.69, 9.17) is 4.74 Å². The van der Waals surface area contributed by atoms with Gasteiger partial charge >= 0.3 is 0 Å². The third kappa shape index (κ3) is 4.28. The summed E-state index contributed by atoms with van der Waals surface area (Å²) in [5.41, 5.74) is 0.602. The molecule has 1 heterocycles. The fourth-order valence-corrected chi connectivity index (χ4v) is 2.62. The molecule has 0 aromatic carbocycles. The van der Waals surface area contributed by atoms with E-state index in [1.54, 1.807) is 13.3 Å². The van der Waals surface area contributed by atoms with E-state index in [-0.39, 0.29) is 5.56 Å². The number of rotatable bonds is 8. The Hall–Kier alpha value is -0.920. The molecular formula is C14H23BrN4O2. The second kappa shape index (κ2) is 7.38. The predicted molar refractivity (Wildman–Crippen MR) is 86.8 cm³/mol. The first-order chi connectivity index (χ1) is 10.0. The SMILES string of the molecule is COCCn1ncc(NCC(C)N(C)C2CC2)c(Br)c1=O. The Bertz CT molecular complexity index is 530. The van der Waals surface area contributed by atoms with E-state index in [0.29, 0.717) is 23.7 Å². The second-order valence-electron chi connectivity index (χ2n) is 5.52. The molecule has 7 heteroatoms. The topological polar surface area (TPSA) is 59.4 Å². The zero-order valence-corrected chi connectivity index (χ0v) is 14.4. The molecule has 1 aromatic rings. The van der Waals surface area contributed by atoms with E-state index in [0.717, 1.165) is 18.3 Å². The molecule has 118 valence electrons. The summed E-state index contributed by atoms with van der Waals surface area (Å²) >= 11 is 3.36. The summed E-state index contributed by atoms with van der Waals surface area (Å²) in [6.45, 7) is 3.89. The van der Waals surface area contributed by atoms with Gasteiger partial charge in [0.05, 0.1) is 25.0 Å². The van der Waals surface area contributed by atoms with Crippen molar-refractivity contribution in [3.63, 3.8) is 0 Å². The van der Waals surface area contributed by atoms with Crippen molar-refractivity contribution in [3.05, 3.63) is 21.0 Å². The lowest BCUT2D eigenvalue weighted by Gasteiger charge is -2.25. The maximum absolute atomic E-state index is 12.1. The van der Waals surface area contributed by atoms with Crippen molar-refractivity contribution < 1.29 is 4.74 Å². The van der Waals surface area contributed by atoms with Gasteiger partial charge in [-0.25, -0.2) is 4.68 Å². The molecule has 0 aliphatic heterocycles. The fraction of sp³-hybridized carbons (Fsp3) is 0.714. The van der Waals surface area contributed by atoms with Gasteiger partial charge in [-0.05, 0) is 42.7 Å². The number of methoxy groups -OCH3 is 1. The molecule has 2 rings (SSSR count). The minimum Gasteiger partial charge on any atom is -0.383 e. The highest BCUT2D eigenvalue weighted by molar-refractivity contribution is 9.10. The third-order valence-corrected chi connectivity index (χ3v) is 4.66. The number of nitrogens with one attached hydrogen (secondary N) is 1. The average Bonchev–Trinajstić information content (AvgIpc) is 3.31. The molecule has 1 atom stereocenters. The molecule has 1 unspecified atom stereocenters. The molecule has 1 N–H and O–H groups in total. The first-order valence-electron chi connectivity index (χ1n) is 7.25. The van der Waals surface area contributed by atoms with Crippen LogP contribution in [0.4, 0.5) is 5.69 Å². The van der Waals surface area contributed by atoms with Crippen molar-refractivity contribution in [1.82, 2.24) is 14.7 Å². The molecule has 1 aliphatic rings. The normalized spacial score (nSPS) is 16.2. The highest BCUT2D eigenvalue weighted by atomic mass is 79.9. The van der Waals surface area contributed by atoms with E-state index in [2.05, 4.69) is 45.2 Å². The van der Waals surface area contributed by atoms with Crippen molar-refractivity contribution in [1.29, 1.82) is 0 Å². The average molecular weight is 359 g/mol. The number of aromatic nitrogens is 2. The Morgan fingerprint density at radius 1 is 1.62 bits per heavy atom. The van der Waals surface area contributed by atoms with E-state index < -0.39 is 0 Å². The van der Waals surface area contributed by atoms with Crippen LogP contribution < -0.4 is 10.9 Å². The number of likely N-dealkylation sites (N-methyl/N-ethyl adjacent to an activating group) is 1. The van der Waals surface area contributed by atoms with Crippen LogP contribution in [0.15, 0.2) is 15.5 Å². The monoisotopic (exact) mass is 358 g/mol. The molecule has 0 amide bonds. The Morgan fingerprint density at radius 3 is 2.95 bits per heavy atom. The van der Waals surface area contributed by atoms with Crippen LogP contribution in [-0.4, -0.2) is 54.1 Å². The maximum Gasteiger partial charge on any atom is 0.283 e. The molecule has 1 fully saturated rings. The summed E-state index contributed by atoms with van der Waals surface area (Å²) in [6, 6.07) is 1.14. The molecule has 0 radical (unpaired) electrons. The Morgan fingerprint density at radius 2 is 2.33 bits per heavy atom. The van der Waals surface area contributed by atoms with Crippen LogP contribution in [0.3, 0.4) is 0 Å². The Labute approximate surface area is 133 Å². The molecule has 6 nitrogen and oxygen atoms in total. The number of anilines is 1. The third-order valence-electron chi connectivity index (χ3n) is 3.90. The number of hydrogen-bond donors (Lipinski definition) is 1. The largest absolute Gasteiger partial charge is 0.383 e. The van der Waals surface area contributed by atoms with Crippen LogP contribution in [0.1, 0.15) is 19.8 Å². The summed E-state index contributed by atoms with van der Waals surface area (Å²) in [5.74, 6) is 0. The van der Waals surface area contributed by atoms with Crippen molar-refractivity contribution in [2.45, 2.75) is 38.4 Å². The van der Waals surface area contributed by atoms with Gasteiger partial charge in [0.1, 0.15) is 4.47 Å². The van der Waals surface area contributed by atoms with E-state index in [1.807, 2.05) is 0 Å². The smallest absolute Gasteiger partial charge is 0.283 e. The lowest BCUT2D eigenvalue weighted by molar-refractivity contribution is 0.181. The number of ether oxygens (including phenoxy) is 1. The summed E-state index contributed by atoms with van der Waals surface area (Å²) in [7, 11) is 3.76. The van der Waals surface area contributed by atoms with Crippen LogP contribution in [0.2, 0.25) is 0 Å². The Kier molecular flexibility index (Phi) is 5.78. The highest BCUT2D eigenvalue weighted by Crippen LogP contribution is 2.27. The highest BCUT2D eigenvalue weighted by Gasteiger charge is 2.28. The summed E-state index contributed by atoms with van der Waals surface area (Å²) < 4.78 is 6.89. The first-order valence-corrected chi connectivity index (χ1v) is 8.04. The van der Waals surface area contributed by atoms with Crippen LogP contribution in [0.5, 0.6) is 0 Å². The Balaban J connectivity index is 1.96. The number of nitrogens with zero attached hydrogens (tertiary/aromatic N) is 3. The minimum atomic E-state index is -0.139. The molecule has 1 aliphatic carbocycles. The van der Waals surface area contributed by atoms with Gasteiger partial charge in [0.2, 0.25) is 0 Å². The van der Waals surface area contributed by atoms with Gasteiger partial charge in [-0.3, -0.25) is 9.69 Å². The van der Waals surface area contributed by atoms with Gasteiger partial charge in [0, 0.05) is 25.7 Å². The minimum absolute atomic E-state index is 0.139. The molecular weight excluding hydrogens is 336 g/mol.